The Morgan fingerprint density at radius 2 is 1.76 bits per heavy atom. The molecule has 0 aromatic heterocycles. The molecule has 0 unspecified atom stereocenters. The van der Waals surface area contributed by atoms with E-state index in [1.54, 1.807) is 19.1 Å². The minimum absolute atomic E-state index is 0.325. The SMILES string of the molecule is Cc1c(Nc2ccccc2)cccc1C(=O)O. The average molecular weight is 227 g/mol. The van der Waals surface area contributed by atoms with Crippen LogP contribution in [0.3, 0.4) is 0 Å². The highest BCUT2D eigenvalue weighted by atomic mass is 16.4. The second-order valence-corrected chi connectivity index (χ2v) is 3.77. The molecule has 0 aliphatic rings. The average Bonchev–Trinajstić information content (AvgIpc) is 2.33. The number of aromatic carboxylic acids is 1. The number of hydrogen-bond acceptors (Lipinski definition) is 2. The second-order valence-electron chi connectivity index (χ2n) is 3.77. The number of para-hydroxylation sites is 1. The van der Waals surface area contributed by atoms with Crippen LogP contribution in [0.4, 0.5) is 11.4 Å². The molecule has 2 aromatic rings. The summed E-state index contributed by atoms with van der Waals surface area (Å²) in [5, 5.41) is 12.2. The van der Waals surface area contributed by atoms with Gasteiger partial charge in [-0.15, -0.1) is 0 Å². The van der Waals surface area contributed by atoms with E-state index in [0.717, 1.165) is 16.9 Å². The van der Waals surface area contributed by atoms with Crippen LogP contribution in [0.1, 0.15) is 15.9 Å². The van der Waals surface area contributed by atoms with Gasteiger partial charge in [0.1, 0.15) is 0 Å². The number of benzene rings is 2. The third-order valence-corrected chi connectivity index (χ3v) is 2.62. The van der Waals surface area contributed by atoms with Crippen molar-refractivity contribution < 1.29 is 9.90 Å². The Hall–Kier alpha value is -2.29. The van der Waals surface area contributed by atoms with E-state index in [4.69, 9.17) is 5.11 Å². The Labute approximate surface area is 99.7 Å². The molecule has 0 atom stereocenters. The molecule has 0 spiro atoms. The van der Waals surface area contributed by atoms with E-state index in [-0.39, 0.29) is 0 Å². The van der Waals surface area contributed by atoms with Gasteiger partial charge in [-0.1, -0.05) is 24.3 Å². The molecular weight excluding hydrogens is 214 g/mol. The van der Waals surface area contributed by atoms with Crippen molar-refractivity contribution >= 4 is 17.3 Å². The van der Waals surface area contributed by atoms with Crippen molar-refractivity contribution in [1.29, 1.82) is 0 Å². The van der Waals surface area contributed by atoms with Gasteiger partial charge in [-0.05, 0) is 36.8 Å². The molecule has 0 aliphatic heterocycles. The monoisotopic (exact) mass is 227 g/mol. The predicted octanol–water partition coefficient (Wildman–Crippen LogP) is 3.44. The number of carboxylic acid groups (broad SMARTS) is 1. The molecule has 2 aromatic carbocycles. The molecule has 0 saturated heterocycles. The quantitative estimate of drug-likeness (QED) is 0.844. The molecule has 0 heterocycles. The van der Waals surface area contributed by atoms with Gasteiger partial charge in [-0.3, -0.25) is 0 Å². The minimum atomic E-state index is -0.904. The first-order valence-electron chi connectivity index (χ1n) is 5.33. The van der Waals surface area contributed by atoms with Crippen molar-refractivity contribution in [3.63, 3.8) is 0 Å². The predicted molar refractivity (Wildman–Crippen MR) is 67.9 cm³/mol. The van der Waals surface area contributed by atoms with Crippen LogP contribution in [0.25, 0.3) is 0 Å². The zero-order valence-corrected chi connectivity index (χ0v) is 9.47. The summed E-state index contributed by atoms with van der Waals surface area (Å²) in [5.41, 5.74) is 2.82. The Balaban J connectivity index is 2.34. The van der Waals surface area contributed by atoms with Gasteiger partial charge in [0.05, 0.1) is 5.56 Å². The standard InChI is InChI=1S/C14H13NO2/c1-10-12(14(16)17)8-5-9-13(10)15-11-6-3-2-4-7-11/h2-9,15H,1H3,(H,16,17). The summed E-state index contributed by atoms with van der Waals surface area (Å²) in [7, 11) is 0. The lowest BCUT2D eigenvalue weighted by atomic mass is 10.1. The van der Waals surface area contributed by atoms with Crippen molar-refractivity contribution in [3.8, 4) is 0 Å². The van der Waals surface area contributed by atoms with Gasteiger partial charge in [0.15, 0.2) is 0 Å². The zero-order valence-electron chi connectivity index (χ0n) is 9.47. The van der Waals surface area contributed by atoms with Crippen LogP contribution in [0.15, 0.2) is 48.5 Å². The first-order valence-corrected chi connectivity index (χ1v) is 5.33. The van der Waals surface area contributed by atoms with Crippen LogP contribution in [0, 0.1) is 6.92 Å². The molecule has 2 N–H and O–H groups in total. The number of rotatable bonds is 3. The highest BCUT2D eigenvalue weighted by molar-refractivity contribution is 5.91. The van der Waals surface area contributed by atoms with E-state index in [2.05, 4.69) is 5.32 Å². The third-order valence-electron chi connectivity index (χ3n) is 2.62. The molecule has 17 heavy (non-hydrogen) atoms. The molecular formula is C14H13NO2. The molecule has 0 bridgehead atoms. The molecule has 3 heteroatoms. The molecule has 2 rings (SSSR count). The zero-order chi connectivity index (χ0) is 12.3. The number of carbonyl (C=O) groups is 1. The summed E-state index contributed by atoms with van der Waals surface area (Å²) in [6.45, 7) is 1.80. The van der Waals surface area contributed by atoms with Crippen LogP contribution in [0.2, 0.25) is 0 Å². The number of anilines is 2. The Morgan fingerprint density at radius 1 is 1.06 bits per heavy atom. The van der Waals surface area contributed by atoms with E-state index < -0.39 is 5.97 Å². The molecule has 3 nitrogen and oxygen atoms in total. The van der Waals surface area contributed by atoms with Gasteiger partial charge in [0.25, 0.3) is 0 Å². The van der Waals surface area contributed by atoms with Crippen molar-refractivity contribution in [2.45, 2.75) is 6.92 Å². The molecule has 86 valence electrons. The van der Waals surface area contributed by atoms with Gasteiger partial charge in [0, 0.05) is 11.4 Å². The van der Waals surface area contributed by atoms with Gasteiger partial charge >= 0.3 is 5.97 Å². The van der Waals surface area contributed by atoms with Crippen molar-refractivity contribution in [3.05, 3.63) is 59.7 Å². The molecule has 0 saturated carbocycles. The molecule has 0 aliphatic carbocycles. The Bertz CT molecular complexity index is 535. The van der Waals surface area contributed by atoms with E-state index >= 15 is 0 Å². The fraction of sp³-hybridized carbons (Fsp3) is 0.0714. The highest BCUT2D eigenvalue weighted by Gasteiger charge is 2.09. The Morgan fingerprint density at radius 3 is 2.41 bits per heavy atom. The number of hydrogen-bond donors (Lipinski definition) is 2. The van der Waals surface area contributed by atoms with E-state index in [0.29, 0.717) is 5.56 Å². The first-order chi connectivity index (χ1) is 8.18. The lowest BCUT2D eigenvalue weighted by molar-refractivity contribution is 0.0696. The number of nitrogens with one attached hydrogen (secondary N) is 1. The summed E-state index contributed by atoms with van der Waals surface area (Å²) < 4.78 is 0. The van der Waals surface area contributed by atoms with Gasteiger partial charge in [-0.25, -0.2) is 4.79 Å². The van der Waals surface area contributed by atoms with E-state index in [1.807, 2.05) is 36.4 Å². The topological polar surface area (TPSA) is 49.3 Å². The van der Waals surface area contributed by atoms with Crippen LogP contribution in [-0.2, 0) is 0 Å². The van der Waals surface area contributed by atoms with Crippen molar-refractivity contribution in [2.75, 3.05) is 5.32 Å². The maximum Gasteiger partial charge on any atom is 0.336 e. The lowest BCUT2D eigenvalue weighted by Gasteiger charge is -2.11. The van der Waals surface area contributed by atoms with Crippen LogP contribution >= 0.6 is 0 Å². The van der Waals surface area contributed by atoms with Crippen molar-refractivity contribution in [1.82, 2.24) is 0 Å². The summed E-state index contributed by atoms with van der Waals surface area (Å²) in [6, 6.07) is 14.9. The Kier molecular flexibility index (Phi) is 3.10. The fourth-order valence-corrected chi connectivity index (χ4v) is 1.68. The summed E-state index contributed by atoms with van der Waals surface area (Å²) >= 11 is 0. The number of carboxylic acids is 1. The van der Waals surface area contributed by atoms with Crippen LogP contribution < -0.4 is 5.32 Å². The first kappa shape index (κ1) is 11.2. The largest absolute Gasteiger partial charge is 0.478 e. The smallest absolute Gasteiger partial charge is 0.336 e. The molecule has 0 fully saturated rings. The van der Waals surface area contributed by atoms with Gasteiger partial charge in [0.2, 0.25) is 0 Å². The van der Waals surface area contributed by atoms with Crippen molar-refractivity contribution in [2.24, 2.45) is 0 Å². The summed E-state index contributed by atoms with van der Waals surface area (Å²) in [4.78, 5) is 11.0. The lowest BCUT2D eigenvalue weighted by Crippen LogP contribution is -2.02. The third kappa shape index (κ3) is 2.45. The minimum Gasteiger partial charge on any atom is -0.478 e. The maximum atomic E-state index is 11.0. The molecule has 0 radical (unpaired) electrons. The van der Waals surface area contributed by atoms with Gasteiger partial charge in [-0.2, -0.15) is 0 Å². The van der Waals surface area contributed by atoms with Crippen LogP contribution in [0.5, 0.6) is 0 Å². The normalized spacial score (nSPS) is 9.94. The van der Waals surface area contributed by atoms with E-state index in [1.165, 1.54) is 0 Å². The van der Waals surface area contributed by atoms with Crippen LogP contribution in [-0.4, -0.2) is 11.1 Å². The van der Waals surface area contributed by atoms with Gasteiger partial charge < -0.3 is 10.4 Å². The molecule has 0 amide bonds. The summed E-state index contributed by atoms with van der Waals surface area (Å²) in [5.74, 6) is -0.904. The fourth-order valence-electron chi connectivity index (χ4n) is 1.68. The maximum absolute atomic E-state index is 11.0. The second kappa shape index (κ2) is 4.70. The highest BCUT2D eigenvalue weighted by Crippen LogP contribution is 2.22. The summed E-state index contributed by atoms with van der Waals surface area (Å²) in [6.07, 6.45) is 0. The van der Waals surface area contributed by atoms with E-state index in [9.17, 15) is 4.79 Å².